The summed E-state index contributed by atoms with van der Waals surface area (Å²) in [5.41, 5.74) is 0. The predicted molar refractivity (Wildman–Crippen MR) is 62.1 cm³/mol. The van der Waals surface area contributed by atoms with Crippen LogP contribution in [0.5, 0.6) is 0 Å². The quantitative estimate of drug-likeness (QED) is 0.481. The zero-order valence-electron chi connectivity index (χ0n) is 9.56. The molecule has 0 heteroatoms. The van der Waals surface area contributed by atoms with Gasteiger partial charge in [0.05, 0.1) is 25.2 Å². The van der Waals surface area contributed by atoms with E-state index in [1.165, 1.54) is 77.0 Å². The molecule has 0 radical (unpaired) electrons. The topological polar surface area (TPSA) is 0 Å². The fraction of sp³-hybridized carbons (Fsp3) is 0.929. The SMILES string of the molecule is C1CCC2CCCC[C+](C1)CCCC2. The summed E-state index contributed by atoms with van der Waals surface area (Å²) in [5.74, 6) is 3.00. The van der Waals surface area contributed by atoms with Gasteiger partial charge in [0.25, 0.3) is 0 Å². The molecule has 0 saturated heterocycles. The van der Waals surface area contributed by atoms with Gasteiger partial charge in [0.2, 0.25) is 0 Å². The maximum absolute atomic E-state index is 1.91. The molecule has 0 nitrogen and oxygen atoms in total. The highest BCUT2D eigenvalue weighted by atomic mass is 14.2. The Morgan fingerprint density at radius 3 is 1.43 bits per heavy atom. The smallest absolute Gasteiger partial charge is 0.0503 e. The Balaban J connectivity index is 1.93. The molecular formula is C14H25+. The van der Waals surface area contributed by atoms with Gasteiger partial charge in [0.15, 0.2) is 0 Å². The fourth-order valence-electron chi connectivity index (χ4n) is 3.23. The average molecular weight is 193 g/mol. The van der Waals surface area contributed by atoms with Crippen molar-refractivity contribution in [2.45, 2.75) is 77.0 Å². The van der Waals surface area contributed by atoms with Crippen molar-refractivity contribution in [3.05, 3.63) is 5.92 Å². The van der Waals surface area contributed by atoms with Crippen LogP contribution in [0.3, 0.4) is 0 Å². The Labute approximate surface area is 89.5 Å². The van der Waals surface area contributed by atoms with Gasteiger partial charge in [-0.05, 0) is 44.4 Å². The third-order valence-corrected chi connectivity index (χ3v) is 4.18. The third-order valence-electron chi connectivity index (χ3n) is 4.18. The van der Waals surface area contributed by atoms with Gasteiger partial charge in [-0.15, -0.1) is 0 Å². The molecule has 3 saturated carbocycles. The molecule has 0 aromatic rings. The average Bonchev–Trinajstić information content (AvgIpc) is 2.25. The van der Waals surface area contributed by atoms with E-state index >= 15 is 0 Å². The number of fused-ring (bicyclic) bond motifs is 9. The van der Waals surface area contributed by atoms with Crippen molar-refractivity contribution < 1.29 is 0 Å². The van der Waals surface area contributed by atoms with E-state index in [-0.39, 0.29) is 0 Å². The molecule has 3 fully saturated rings. The molecule has 0 spiro atoms. The fourth-order valence-corrected chi connectivity index (χ4v) is 3.23. The normalized spacial score (nSPS) is 27.0. The maximum atomic E-state index is 1.91. The Bertz CT molecular complexity index is 104. The summed E-state index contributed by atoms with van der Waals surface area (Å²) in [6.45, 7) is 0. The Kier molecular flexibility index (Phi) is 4.21. The summed E-state index contributed by atoms with van der Waals surface area (Å²) < 4.78 is 0. The number of hydrogen-bond donors (Lipinski definition) is 0. The molecule has 0 N–H and O–H groups in total. The molecule has 0 amide bonds. The molecular weight excluding hydrogens is 168 g/mol. The summed E-state index contributed by atoms with van der Waals surface area (Å²) in [6, 6.07) is 0. The zero-order chi connectivity index (χ0) is 9.64. The second kappa shape index (κ2) is 5.68. The van der Waals surface area contributed by atoms with Crippen molar-refractivity contribution in [1.29, 1.82) is 0 Å². The second-order valence-electron chi connectivity index (χ2n) is 5.35. The van der Waals surface area contributed by atoms with Gasteiger partial charge in [-0.1, -0.05) is 19.3 Å². The molecule has 0 aliphatic heterocycles. The lowest BCUT2D eigenvalue weighted by atomic mass is 9.81. The lowest BCUT2D eigenvalue weighted by molar-refractivity contribution is 0.343. The van der Waals surface area contributed by atoms with Gasteiger partial charge in [-0.25, -0.2) is 0 Å². The van der Waals surface area contributed by atoms with Crippen molar-refractivity contribution in [1.82, 2.24) is 0 Å². The van der Waals surface area contributed by atoms with Crippen molar-refractivity contribution >= 4 is 0 Å². The van der Waals surface area contributed by atoms with E-state index in [0.717, 1.165) is 5.92 Å². The van der Waals surface area contributed by atoms with Gasteiger partial charge >= 0.3 is 0 Å². The first-order valence-corrected chi connectivity index (χ1v) is 6.79. The molecule has 2 bridgehead atoms. The van der Waals surface area contributed by atoms with Crippen molar-refractivity contribution in [3.63, 3.8) is 0 Å². The van der Waals surface area contributed by atoms with Crippen molar-refractivity contribution in [2.75, 3.05) is 0 Å². The van der Waals surface area contributed by atoms with Crippen LogP contribution in [0.1, 0.15) is 77.0 Å². The van der Waals surface area contributed by atoms with E-state index in [1.807, 2.05) is 5.92 Å². The molecule has 3 rings (SSSR count). The summed E-state index contributed by atoms with van der Waals surface area (Å²) in [4.78, 5) is 0. The Morgan fingerprint density at radius 2 is 1.00 bits per heavy atom. The highest BCUT2D eigenvalue weighted by Gasteiger charge is 2.23. The maximum Gasteiger partial charge on any atom is 0.0904 e. The lowest BCUT2D eigenvalue weighted by Crippen LogP contribution is -2.08. The van der Waals surface area contributed by atoms with E-state index in [4.69, 9.17) is 0 Å². The third kappa shape index (κ3) is 3.22. The lowest BCUT2D eigenvalue weighted by Gasteiger charge is -2.20. The molecule has 0 heterocycles. The highest BCUT2D eigenvalue weighted by molar-refractivity contribution is 4.90. The van der Waals surface area contributed by atoms with Crippen LogP contribution >= 0.6 is 0 Å². The molecule has 0 aromatic carbocycles. The Morgan fingerprint density at radius 1 is 0.571 bits per heavy atom. The van der Waals surface area contributed by atoms with Gasteiger partial charge in [0, 0.05) is 0 Å². The monoisotopic (exact) mass is 193 g/mol. The van der Waals surface area contributed by atoms with E-state index in [0.29, 0.717) is 0 Å². The van der Waals surface area contributed by atoms with Gasteiger partial charge in [0.1, 0.15) is 0 Å². The minimum Gasteiger partial charge on any atom is -0.0503 e. The van der Waals surface area contributed by atoms with Crippen LogP contribution in [0.2, 0.25) is 0 Å². The minimum atomic E-state index is 1.09. The standard InChI is InChI=1S/C14H25/c1-2-8-14-11-5-3-9-13(7-1)10-4-6-12-14/h13H,1-12H2/q+1. The molecule has 3 aliphatic rings. The molecule has 0 aromatic heterocycles. The van der Waals surface area contributed by atoms with Crippen LogP contribution in [-0.4, -0.2) is 0 Å². The van der Waals surface area contributed by atoms with Crippen molar-refractivity contribution in [2.24, 2.45) is 5.92 Å². The summed E-state index contributed by atoms with van der Waals surface area (Å²) in [7, 11) is 0. The van der Waals surface area contributed by atoms with Crippen LogP contribution < -0.4 is 0 Å². The first-order valence-electron chi connectivity index (χ1n) is 6.79. The first-order chi connectivity index (χ1) is 6.95. The van der Waals surface area contributed by atoms with Gasteiger partial charge < -0.3 is 0 Å². The highest BCUT2D eigenvalue weighted by Crippen LogP contribution is 2.33. The first kappa shape index (κ1) is 10.4. The minimum absolute atomic E-state index is 1.09. The van der Waals surface area contributed by atoms with E-state index in [2.05, 4.69) is 0 Å². The molecule has 0 atom stereocenters. The van der Waals surface area contributed by atoms with E-state index in [9.17, 15) is 0 Å². The van der Waals surface area contributed by atoms with Gasteiger partial charge in [-0.2, -0.15) is 0 Å². The number of rotatable bonds is 0. The summed E-state index contributed by atoms with van der Waals surface area (Å²) >= 11 is 0. The largest absolute Gasteiger partial charge is 0.0904 e. The molecule has 0 unspecified atom stereocenters. The Hall–Kier alpha value is -0.130. The van der Waals surface area contributed by atoms with Crippen LogP contribution in [0.25, 0.3) is 0 Å². The van der Waals surface area contributed by atoms with Crippen LogP contribution in [-0.2, 0) is 0 Å². The predicted octanol–water partition coefficient (Wildman–Crippen LogP) is 4.89. The van der Waals surface area contributed by atoms with E-state index < -0.39 is 0 Å². The summed E-state index contributed by atoms with van der Waals surface area (Å²) in [6.07, 6.45) is 18.0. The molecule has 3 aliphatic carbocycles. The number of hydrogen-bond acceptors (Lipinski definition) is 0. The van der Waals surface area contributed by atoms with Crippen LogP contribution in [0.4, 0.5) is 0 Å². The van der Waals surface area contributed by atoms with Crippen molar-refractivity contribution in [3.8, 4) is 0 Å². The second-order valence-corrected chi connectivity index (χ2v) is 5.35. The summed E-state index contributed by atoms with van der Waals surface area (Å²) in [5, 5.41) is 0. The molecule has 14 heavy (non-hydrogen) atoms. The van der Waals surface area contributed by atoms with Crippen LogP contribution in [0, 0.1) is 11.8 Å². The zero-order valence-corrected chi connectivity index (χ0v) is 9.56. The van der Waals surface area contributed by atoms with Gasteiger partial charge in [-0.3, -0.25) is 0 Å². The molecule has 80 valence electrons. The van der Waals surface area contributed by atoms with E-state index in [1.54, 1.807) is 0 Å². The van der Waals surface area contributed by atoms with Crippen LogP contribution in [0.15, 0.2) is 0 Å².